The van der Waals surface area contributed by atoms with Gasteiger partial charge in [-0.25, -0.2) is 4.98 Å². The second kappa shape index (κ2) is 6.20. The number of nitrogens with two attached hydrogens (primary N) is 1. The Balaban J connectivity index is 1.77. The number of anilines is 1. The summed E-state index contributed by atoms with van der Waals surface area (Å²) in [7, 11) is 0. The van der Waals surface area contributed by atoms with Crippen molar-refractivity contribution in [1.82, 2.24) is 14.3 Å². The van der Waals surface area contributed by atoms with Gasteiger partial charge in [0.1, 0.15) is 11.3 Å². The first-order valence-corrected chi connectivity index (χ1v) is 9.16. The fraction of sp³-hybridized carbons (Fsp3) is 0.389. The number of nitrogens with zero attached hydrogens (tertiary/aromatic N) is 3. The summed E-state index contributed by atoms with van der Waals surface area (Å²) in [6.07, 6.45) is 2.48. The average Bonchev–Trinajstić information content (AvgIpc) is 3.15. The molecule has 0 bridgehead atoms. The van der Waals surface area contributed by atoms with Gasteiger partial charge >= 0.3 is 0 Å². The third-order valence-electron chi connectivity index (χ3n) is 4.36. The van der Waals surface area contributed by atoms with E-state index in [1.165, 1.54) is 10.6 Å². The maximum absolute atomic E-state index is 6.02. The smallest absolute Gasteiger partial charge is 0.137 e. The second-order valence-electron chi connectivity index (χ2n) is 6.53. The van der Waals surface area contributed by atoms with Crippen LogP contribution in [0.4, 0.5) is 5.69 Å². The van der Waals surface area contributed by atoms with Crippen molar-refractivity contribution in [2.24, 2.45) is 0 Å². The number of hydrogen-bond acceptors (Lipinski definition) is 5. The Morgan fingerprint density at radius 1 is 1.25 bits per heavy atom. The van der Waals surface area contributed by atoms with Crippen molar-refractivity contribution in [3.8, 4) is 10.6 Å². The van der Waals surface area contributed by atoms with Crippen LogP contribution in [0.25, 0.3) is 16.2 Å². The molecule has 5 nitrogen and oxygen atoms in total. The molecule has 3 aromatic rings. The van der Waals surface area contributed by atoms with Gasteiger partial charge in [-0.2, -0.15) is 0 Å². The molecule has 2 unspecified atom stereocenters. The molecule has 1 aliphatic heterocycles. The molecule has 1 aliphatic rings. The van der Waals surface area contributed by atoms with Gasteiger partial charge in [0.05, 0.1) is 22.8 Å². The number of imidazole rings is 1. The van der Waals surface area contributed by atoms with Crippen LogP contribution in [0, 0.1) is 0 Å². The molecule has 1 saturated heterocycles. The molecule has 0 amide bonds. The first kappa shape index (κ1) is 15.6. The Kier molecular flexibility index (Phi) is 4.04. The highest BCUT2D eigenvalue weighted by Crippen LogP contribution is 2.30. The van der Waals surface area contributed by atoms with Crippen LogP contribution in [-0.2, 0) is 11.3 Å². The maximum Gasteiger partial charge on any atom is 0.137 e. The molecular weight excluding hydrogens is 320 g/mol. The Morgan fingerprint density at radius 3 is 2.75 bits per heavy atom. The summed E-state index contributed by atoms with van der Waals surface area (Å²) in [6, 6.07) is 8.09. The van der Waals surface area contributed by atoms with Crippen LogP contribution >= 0.6 is 11.3 Å². The minimum Gasteiger partial charge on any atom is -0.398 e. The van der Waals surface area contributed by atoms with Crippen LogP contribution in [0.3, 0.4) is 0 Å². The monoisotopic (exact) mass is 342 g/mol. The summed E-state index contributed by atoms with van der Waals surface area (Å²) >= 11 is 1.72. The van der Waals surface area contributed by atoms with E-state index in [1.54, 1.807) is 11.3 Å². The zero-order valence-electron chi connectivity index (χ0n) is 14.0. The van der Waals surface area contributed by atoms with Gasteiger partial charge < -0.3 is 10.5 Å². The third-order valence-corrected chi connectivity index (χ3v) is 5.24. The molecule has 6 heteroatoms. The summed E-state index contributed by atoms with van der Waals surface area (Å²) in [4.78, 5) is 8.50. The van der Waals surface area contributed by atoms with Crippen molar-refractivity contribution in [2.75, 3.05) is 18.8 Å². The number of morpholine rings is 1. The number of hydrogen-bond donors (Lipinski definition) is 1. The molecular formula is C18H22N4OS. The molecule has 2 N–H and O–H groups in total. The molecule has 0 aromatic carbocycles. The van der Waals surface area contributed by atoms with Gasteiger partial charge in [-0.15, -0.1) is 11.3 Å². The SMILES string of the molecule is CC1CN(Cc2c(-c3cccs3)nc3ccc(N)cn23)CC(C)O1. The van der Waals surface area contributed by atoms with Crippen molar-refractivity contribution < 1.29 is 4.74 Å². The number of aromatic nitrogens is 2. The van der Waals surface area contributed by atoms with Gasteiger partial charge in [0, 0.05) is 31.5 Å². The summed E-state index contributed by atoms with van der Waals surface area (Å²) in [5.74, 6) is 0. The lowest BCUT2D eigenvalue weighted by atomic mass is 10.2. The number of thiophene rings is 1. The van der Waals surface area contributed by atoms with Gasteiger partial charge in [-0.1, -0.05) is 6.07 Å². The van der Waals surface area contributed by atoms with E-state index in [0.29, 0.717) is 0 Å². The van der Waals surface area contributed by atoms with Crippen LogP contribution in [0.5, 0.6) is 0 Å². The van der Waals surface area contributed by atoms with Gasteiger partial charge in [0.25, 0.3) is 0 Å². The predicted molar refractivity (Wildman–Crippen MR) is 98.2 cm³/mol. The minimum absolute atomic E-state index is 0.253. The fourth-order valence-electron chi connectivity index (χ4n) is 3.50. The van der Waals surface area contributed by atoms with Crippen LogP contribution in [0.15, 0.2) is 35.8 Å². The van der Waals surface area contributed by atoms with E-state index in [1.807, 2.05) is 18.3 Å². The van der Waals surface area contributed by atoms with E-state index < -0.39 is 0 Å². The molecule has 0 aliphatic carbocycles. The molecule has 4 rings (SSSR count). The molecule has 2 atom stereocenters. The predicted octanol–water partition coefficient (Wildman–Crippen LogP) is 3.25. The minimum atomic E-state index is 0.253. The van der Waals surface area contributed by atoms with E-state index in [-0.39, 0.29) is 12.2 Å². The van der Waals surface area contributed by atoms with Crippen LogP contribution in [-0.4, -0.2) is 39.6 Å². The fourth-order valence-corrected chi connectivity index (χ4v) is 4.23. The lowest BCUT2D eigenvalue weighted by Crippen LogP contribution is -2.45. The molecule has 1 fully saturated rings. The lowest BCUT2D eigenvalue weighted by molar-refractivity contribution is -0.0707. The highest BCUT2D eigenvalue weighted by Gasteiger charge is 2.25. The van der Waals surface area contributed by atoms with E-state index >= 15 is 0 Å². The number of ether oxygens (including phenoxy) is 1. The number of fused-ring (bicyclic) bond motifs is 1. The van der Waals surface area contributed by atoms with E-state index in [4.69, 9.17) is 15.5 Å². The molecule has 4 heterocycles. The van der Waals surface area contributed by atoms with Crippen molar-refractivity contribution in [3.05, 3.63) is 41.5 Å². The van der Waals surface area contributed by atoms with E-state index in [9.17, 15) is 0 Å². The first-order chi connectivity index (χ1) is 11.6. The van der Waals surface area contributed by atoms with Crippen molar-refractivity contribution in [3.63, 3.8) is 0 Å². The average molecular weight is 342 g/mol. The molecule has 0 saturated carbocycles. The van der Waals surface area contributed by atoms with Crippen LogP contribution < -0.4 is 5.73 Å². The zero-order valence-corrected chi connectivity index (χ0v) is 14.8. The largest absolute Gasteiger partial charge is 0.398 e. The van der Waals surface area contributed by atoms with Crippen LogP contribution in [0.2, 0.25) is 0 Å². The lowest BCUT2D eigenvalue weighted by Gasteiger charge is -2.35. The highest BCUT2D eigenvalue weighted by molar-refractivity contribution is 7.13. The topological polar surface area (TPSA) is 55.8 Å². The van der Waals surface area contributed by atoms with Crippen LogP contribution in [0.1, 0.15) is 19.5 Å². The van der Waals surface area contributed by atoms with Gasteiger partial charge in [-0.3, -0.25) is 9.30 Å². The summed E-state index contributed by atoms with van der Waals surface area (Å²) in [5, 5.41) is 2.09. The van der Waals surface area contributed by atoms with E-state index in [0.717, 1.165) is 36.7 Å². The quantitative estimate of drug-likeness (QED) is 0.794. The van der Waals surface area contributed by atoms with Crippen molar-refractivity contribution in [1.29, 1.82) is 0 Å². The maximum atomic E-state index is 6.02. The third kappa shape index (κ3) is 2.92. The number of nitrogen functional groups attached to an aromatic ring is 1. The van der Waals surface area contributed by atoms with Gasteiger partial charge in [0.15, 0.2) is 0 Å². The summed E-state index contributed by atoms with van der Waals surface area (Å²) in [5.41, 5.74) is 9.97. The summed E-state index contributed by atoms with van der Waals surface area (Å²) in [6.45, 7) is 6.98. The standard InChI is InChI=1S/C18H22N4OS/c1-12-8-21(9-13(2)23-12)11-15-18(16-4-3-7-24-16)20-17-6-5-14(19)10-22(15)17/h3-7,10,12-13H,8-9,11,19H2,1-2H3. The highest BCUT2D eigenvalue weighted by atomic mass is 32.1. The summed E-state index contributed by atoms with van der Waals surface area (Å²) < 4.78 is 8.00. The second-order valence-corrected chi connectivity index (χ2v) is 7.47. The van der Waals surface area contributed by atoms with Gasteiger partial charge in [-0.05, 0) is 37.4 Å². The number of rotatable bonds is 3. The molecule has 0 radical (unpaired) electrons. The Hall–Kier alpha value is -1.89. The Bertz CT molecular complexity index is 832. The van der Waals surface area contributed by atoms with Crippen molar-refractivity contribution >= 4 is 22.7 Å². The van der Waals surface area contributed by atoms with Gasteiger partial charge in [0.2, 0.25) is 0 Å². The zero-order chi connectivity index (χ0) is 16.7. The molecule has 24 heavy (non-hydrogen) atoms. The van der Waals surface area contributed by atoms with E-state index in [2.05, 4.69) is 40.7 Å². The molecule has 0 spiro atoms. The van der Waals surface area contributed by atoms with Crippen molar-refractivity contribution in [2.45, 2.75) is 32.6 Å². The Labute approximate surface area is 145 Å². The molecule has 126 valence electrons. The number of pyridine rings is 1. The first-order valence-electron chi connectivity index (χ1n) is 8.28. The molecule has 3 aromatic heterocycles. The normalized spacial score (nSPS) is 22.2. The Morgan fingerprint density at radius 2 is 2.04 bits per heavy atom.